The zero-order chi connectivity index (χ0) is 8.20. The van der Waals surface area contributed by atoms with Gasteiger partial charge in [0, 0.05) is 0 Å². The molecule has 0 saturated heterocycles. The predicted octanol–water partition coefficient (Wildman–Crippen LogP) is 2.58. The molecule has 0 amide bonds. The van der Waals surface area contributed by atoms with Crippen LogP contribution in [0.3, 0.4) is 0 Å². The van der Waals surface area contributed by atoms with Crippen molar-refractivity contribution in [3.8, 4) is 0 Å². The molecule has 1 N–H and O–H groups in total. The van der Waals surface area contributed by atoms with Crippen molar-refractivity contribution in [2.45, 2.75) is 52.6 Å². The summed E-state index contributed by atoms with van der Waals surface area (Å²) in [6.45, 7) is 8.20. The Morgan fingerprint density at radius 1 is 1.40 bits per heavy atom. The maximum Gasteiger partial charge on any atom is 0.0642 e. The van der Waals surface area contributed by atoms with Gasteiger partial charge in [-0.3, -0.25) is 0 Å². The van der Waals surface area contributed by atoms with Crippen LogP contribution in [0.1, 0.15) is 47.0 Å². The Hall–Kier alpha value is -0.0400. The Kier molecular flexibility index (Phi) is 3.95. The first-order valence-electron chi connectivity index (χ1n) is 4.23. The van der Waals surface area contributed by atoms with E-state index in [1.807, 2.05) is 6.92 Å². The van der Waals surface area contributed by atoms with E-state index >= 15 is 0 Å². The van der Waals surface area contributed by atoms with Crippen molar-refractivity contribution in [2.24, 2.45) is 5.92 Å². The first kappa shape index (κ1) is 9.96. The predicted molar refractivity (Wildman–Crippen MR) is 45.0 cm³/mol. The van der Waals surface area contributed by atoms with E-state index < -0.39 is 5.60 Å². The molecule has 0 aliphatic rings. The molecule has 1 atom stereocenters. The van der Waals surface area contributed by atoms with E-state index in [-0.39, 0.29) is 0 Å². The van der Waals surface area contributed by atoms with Crippen LogP contribution < -0.4 is 0 Å². The third-order valence-corrected chi connectivity index (χ3v) is 2.28. The van der Waals surface area contributed by atoms with Gasteiger partial charge in [0.15, 0.2) is 0 Å². The smallest absolute Gasteiger partial charge is 0.0642 e. The first-order chi connectivity index (χ1) is 4.50. The minimum absolute atomic E-state index is 0.374. The summed E-state index contributed by atoms with van der Waals surface area (Å²) < 4.78 is 0. The number of hydrogen-bond acceptors (Lipinski definition) is 1. The molecule has 62 valence electrons. The summed E-state index contributed by atoms with van der Waals surface area (Å²) in [4.78, 5) is 0. The number of aliphatic hydroxyl groups is 1. The highest BCUT2D eigenvalue weighted by molar-refractivity contribution is 4.75. The second-order valence-electron chi connectivity index (χ2n) is 3.62. The summed E-state index contributed by atoms with van der Waals surface area (Å²) in [6.07, 6.45) is 3.23. The zero-order valence-corrected chi connectivity index (χ0v) is 7.65. The van der Waals surface area contributed by atoms with Crippen LogP contribution in [0.25, 0.3) is 0 Å². The molecule has 0 spiro atoms. The van der Waals surface area contributed by atoms with E-state index in [4.69, 9.17) is 0 Å². The second-order valence-corrected chi connectivity index (χ2v) is 3.62. The molecule has 0 aromatic carbocycles. The van der Waals surface area contributed by atoms with Crippen molar-refractivity contribution in [1.29, 1.82) is 0 Å². The molecule has 0 unspecified atom stereocenters. The average molecular weight is 144 g/mol. The zero-order valence-electron chi connectivity index (χ0n) is 7.65. The van der Waals surface area contributed by atoms with Gasteiger partial charge in [-0.2, -0.15) is 0 Å². The van der Waals surface area contributed by atoms with Gasteiger partial charge in [-0.1, -0.05) is 33.6 Å². The van der Waals surface area contributed by atoms with Gasteiger partial charge in [0.25, 0.3) is 0 Å². The second kappa shape index (κ2) is 3.97. The fraction of sp³-hybridized carbons (Fsp3) is 1.00. The van der Waals surface area contributed by atoms with Crippen molar-refractivity contribution in [3.63, 3.8) is 0 Å². The molecule has 1 nitrogen and oxygen atoms in total. The molecule has 0 fully saturated rings. The summed E-state index contributed by atoms with van der Waals surface area (Å²) in [5.41, 5.74) is -0.448. The van der Waals surface area contributed by atoms with E-state index in [2.05, 4.69) is 20.8 Å². The molecule has 0 aromatic heterocycles. The summed E-state index contributed by atoms with van der Waals surface area (Å²) in [5.74, 6) is 0.374. The monoisotopic (exact) mass is 144 g/mol. The van der Waals surface area contributed by atoms with Gasteiger partial charge in [0.2, 0.25) is 0 Å². The van der Waals surface area contributed by atoms with E-state index in [1.165, 1.54) is 6.42 Å². The van der Waals surface area contributed by atoms with E-state index in [0.717, 1.165) is 12.8 Å². The number of unbranched alkanes of at least 4 members (excludes halogenated alkanes) is 1. The lowest BCUT2D eigenvalue weighted by Gasteiger charge is -2.27. The van der Waals surface area contributed by atoms with Crippen molar-refractivity contribution in [3.05, 3.63) is 0 Å². The highest BCUT2D eigenvalue weighted by Gasteiger charge is 2.23. The lowest BCUT2D eigenvalue weighted by Crippen LogP contribution is -2.30. The Balaban J connectivity index is 3.63. The Labute approximate surface area is 64.5 Å². The highest BCUT2D eigenvalue weighted by Crippen LogP contribution is 2.22. The normalized spacial score (nSPS) is 17.4. The molecule has 0 rings (SSSR count). The van der Waals surface area contributed by atoms with Crippen molar-refractivity contribution in [1.82, 2.24) is 0 Å². The van der Waals surface area contributed by atoms with Crippen molar-refractivity contribution >= 4 is 0 Å². The van der Waals surface area contributed by atoms with Gasteiger partial charge in [0.05, 0.1) is 5.60 Å². The van der Waals surface area contributed by atoms with Crippen LogP contribution in [-0.4, -0.2) is 10.7 Å². The van der Waals surface area contributed by atoms with Gasteiger partial charge in [-0.25, -0.2) is 0 Å². The molecule has 0 aliphatic carbocycles. The molecule has 0 bridgehead atoms. The highest BCUT2D eigenvalue weighted by atomic mass is 16.3. The molecule has 0 heterocycles. The van der Waals surface area contributed by atoms with Gasteiger partial charge in [-0.05, 0) is 19.3 Å². The maximum absolute atomic E-state index is 9.72. The summed E-state index contributed by atoms with van der Waals surface area (Å²) in [5, 5.41) is 9.72. The fourth-order valence-electron chi connectivity index (χ4n) is 0.823. The Bertz CT molecular complexity index is 84.7. The van der Waals surface area contributed by atoms with Gasteiger partial charge in [-0.15, -0.1) is 0 Å². The molecule has 1 heteroatoms. The molecule has 0 aromatic rings. The van der Waals surface area contributed by atoms with Crippen LogP contribution in [-0.2, 0) is 0 Å². The lowest BCUT2D eigenvalue weighted by molar-refractivity contribution is 0.00349. The maximum atomic E-state index is 9.72. The van der Waals surface area contributed by atoms with Crippen LogP contribution in [0.5, 0.6) is 0 Å². The quantitative estimate of drug-likeness (QED) is 0.643. The topological polar surface area (TPSA) is 20.2 Å². The summed E-state index contributed by atoms with van der Waals surface area (Å²) >= 11 is 0. The van der Waals surface area contributed by atoms with E-state index in [9.17, 15) is 5.11 Å². The summed E-state index contributed by atoms with van der Waals surface area (Å²) in [6, 6.07) is 0. The lowest BCUT2D eigenvalue weighted by atomic mass is 9.88. The fourth-order valence-corrected chi connectivity index (χ4v) is 0.823. The largest absolute Gasteiger partial charge is 0.390 e. The Morgan fingerprint density at radius 2 is 1.90 bits per heavy atom. The van der Waals surface area contributed by atoms with Crippen molar-refractivity contribution < 1.29 is 5.11 Å². The third-order valence-electron chi connectivity index (χ3n) is 2.28. The minimum Gasteiger partial charge on any atom is -0.390 e. The molecule has 10 heavy (non-hydrogen) atoms. The van der Waals surface area contributed by atoms with Crippen LogP contribution >= 0.6 is 0 Å². The SMILES string of the molecule is CCCC[C@@](C)(O)C(C)C. The molecule has 0 radical (unpaired) electrons. The Morgan fingerprint density at radius 3 is 2.20 bits per heavy atom. The number of rotatable bonds is 4. The molecule has 0 saturated carbocycles. The first-order valence-corrected chi connectivity index (χ1v) is 4.23. The molecular formula is C9H20O. The van der Waals surface area contributed by atoms with Gasteiger partial charge < -0.3 is 5.11 Å². The third kappa shape index (κ3) is 3.21. The minimum atomic E-state index is -0.448. The van der Waals surface area contributed by atoms with Gasteiger partial charge in [0.1, 0.15) is 0 Å². The number of hydrogen-bond donors (Lipinski definition) is 1. The van der Waals surface area contributed by atoms with Crippen LogP contribution in [0.4, 0.5) is 0 Å². The molecule has 0 aliphatic heterocycles. The van der Waals surface area contributed by atoms with Gasteiger partial charge >= 0.3 is 0 Å². The summed E-state index contributed by atoms with van der Waals surface area (Å²) in [7, 11) is 0. The van der Waals surface area contributed by atoms with Crippen molar-refractivity contribution in [2.75, 3.05) is 0 Å². The average Bonchev–Trinajstić information content (AvgIpc) is 1.84. The van der Waals surface area contributed by atoms with E-state index in [0.29, 0.717) is 5.92 Å². The standard InChI is InChI=1S/C9H20O/c1-5-6-7-9(4,10)8(2)3/h8,10H,5-7H2,1-4H3/t9-/m1/s1. The van der Waals surface area contributed by atoms with E-state index in [1.54, 1.807) is 0 Å². The van der Waals surface area contributed by atoms with Crippen LogP contribution in [0.15, 0.2) is 0 Å². The van der Waals surface area contributed by atoms with Crippen LogP contribution in [0.2, 0.25) is 0 Å². The molecular weight excluding hydrogens is 124 g/mol. The van der Waals surface area contributed by atoms with Crippen LogP contribution in [0, 0.1) is 5.92 Å².